The van der Waals surface area contributed by atoms with Gasteiger partial charge in [0.2, 0.25) is 0 Å². The van der Waals surface area contributed by atoms with Crippen molar-refractivity contribution in [1.82, 2.24) is 4.98 Å². The number of hydrogen-bond donors (Lipinski definition) is 0. The Bertz CT molecular complexity index is 2690. The molecule has 0 saturated heterocycles. The van der Waals surface area contributed by atoms with Crippen molar-refractivity contribution < 1.29 is 25.8 Å². The van der Waals surface area contributed by atoms with Gasteiger partial charge in [0.1, 0.15) is 0 Å². The molecule has 0 amide bonds. The zero-order valence-corrected chi connectivity index (χ0v) is 34.1. The molecule has 1 aliphatic carbocycles. The molecule has 7 aromatic carbocycles. The van der Waals surface area contributed by atoms with Gasteiger partial charge in [-0.15, -0.1) is 41.7 Å². The van der Waals surface area contributed by atoms with Crippen LogP contribution in [0.5, 0.6) is 11.5 Å². The molecule has 0 saturated carbocycles. The average Bonchev–Trinajstić information content (AvgIpc) is 3.76. The van der Waals surface area contributed by atoms with Crippen molar-refractivity contribution in [3.63, 3.8) is 0 Å². The summed E-state index contributed by atoms with van der Waals surface area (Å²) in [7, 11) is 0. The van der Waals surface area contributed by atoms with Crippen LogP contribution in [0.3, 0.4) is 0 Å². The molecule has 8 aromatic rings. The van der Waals surface area contributed by atoms with Crippen molar-refractivity contribution in [2.45, 2.75) is 26.2 Å². The molecule has 280 valence electrons. The molecule has 0 unspecified atom stereocenters. The van der Waals surface area contributed by atoms with E-state index in [0.717, 1.165) is 39.4 Å². The Balaban J connectivity index is 0.00000422. The minimum Gasteiger partial charge on any atom is -0.503 e. The number of nitrogens with zero attached hydrogens (tertiary/aromatic N) is 3. The van der Waals surface area contributed by atoms with Gasteiger partial charge in [-0.2, -0.15) is 6.07 Å². The fourth-order valence-corrected chi connectivity index (χ4v) is 9.02. The first-order chi connectivity index (χ1) is 27.5. The quantitative estimate of drug-likeness (QED) is 0.149. The number of ether oxygens (including phenoxy) is 1. The van der Waals surface area contributed by atoms with Crippen molar-refractivity contribution >= 4 is 22.7 Å². The maximum absolute atomic E-state index is 6.89. The summed E-state index contributed by atoms with van der Waals surface area (Å²) in [6.07, 6.45) is 1.84. The van der Waals surface area contributed by atoms with Gasteiger partial charge >= 0.3 is 0 Å². The van der Waals surface area contributed by atoms with Crippen LogP contribution in [0.4, 0.5) is 22.7 Å². The molecule has 0 radical (unpaired) electrons. The molecule has 57 heavy (non-hydrogen) atoms. The molecule has 1 aromatic heterocycles. The van der Waals surface area contributed by atoms with Gasteiger partial charge in [0.25, 0.3) is 0 Å². The number of para-hydroxylation sites is 2. The van der Waals surface area contributed by atoms with Crippen LogP contribution in [0, 0.1) is 39.6 Å². The van der Waals surface area contributed by atoms with E-state index in [1.807, 2.05) is 30.5 Å². The predicted octanol–water partition coefficient (Wildman–Crippen LogP) is 12.8. The van der Waals surface area contributed by atoms with Crippen LogP contribution in [-0.2, 0) is 26.5 Å². The predicted molar refractivity (Wildman–Crippen MR) is 227 cm³/mol. The molecule has 0 fully saturated rings. The molecule has 4 nitrogen and oxygen atoms in total. The molecule has 2 heterocycles. The Kier molecular flexibility index (Phi) is 9.39. The second kappa shape index (κ2) is 14.7. The van der Waals surface area contributed by atoms with Crippen LogP contribution in [-0.4, -0.2) is 4.98 Å². The van der Waals surface area contributed by atoms with Crippen LogP contribution in [0.15, 0.2) is 170 Å². The third kappa shape index (κ3) is 5.99. The van der Waals surface area contributed by atoms with Crippen LogP contribution in [0.1, 0.15) is 38.9 Å². The summed E-state index contributed by atoms with van der Waals surface area (Å²) < 4.78 is 6.89. The van der Waals surface area contributed by atoms with Gasteiger partial charge in [-0.25, -0.2) is 0 Å². The van der Waals surface area contributed by atoms with Crippen LogP contribution in [0.25, 0.3) is 22.4 Å². The van der Waals surface area contributed by atoms with Crippen molar-refractivity contribution in [3.8, 4) is 33.9 Å². The molecule has 0 atom stereocenters. The molecule has 1 aliphatic heterocycles. The van der Waals surface area contributed by atoms with Gasteiger partial charge in [0.05, 0.1) is 5.41 Å². The second-order valence-corrected chi connectivity index (χ2v) is 14.6. The topological polar surface area (TPSA) is 28.6 Å². The summed E-state index contributed by atoms with van der Waals surface area (Å²) in [5.74, 6) is 1.19. The first kappa shape index (κ1) is 36.4. The van der Waals surface area contributed by atoms with Crippen molar-refractivity contribution in [2.24, 2.45) is 0 Å². The summed E-state index contributed by atoms with van der Waals surface area (Å²) in [5, 5.41) is 0. The number of fused-ring (bicyclic) bond motifs is 4. The molecule has 5 heteroatoms. The van der Waals surface area contributed by atoms with Gasteiger partial charge in [0.15, 0.2) is 0 Å². The number of rotatable bonds is 7. The van der Waals surface area contributed by atoms with E-state index in [-0.39, 0.29) is 21.1 Å². The fraction of sp³-hybridized carbons (Fsp3) is 0.0769. The number of aryl methyl sites for hydroxylation is 3. The third-order valence-corrected chi connectivity index (χ3v) is 11.1. The zero-order valence-electron chi connectivity index (χ0n) is 31.8. The van der Waals surface area contributed by atoms with Gasteiger partial charge in [0, 0.05) is 55.8 Å². The Labute approximate surface area is 349 Å². The van der Waals surface area contributed by atoms with E-state index in [0.29, 0.717) is 11.5 Å². The normalized spacial score (nSPS) is 13.4. The smallest absolute Gasteiger partial charge is 0.0539 e. The summed E-state index contributed by atoms with van der Waals surface area (Å²) in [4.78, 5) is 9.35. The fourth-order valence-electron chi connectivity index (χ4n) is 9.02. The molecule has 2 aliphatic rings. The molecule has 0 bridgehead atoms. The largest absolute Gasteiger partial charge is 0.503 e. The van der Waals surface area contributed by atoms with Crippen LogP contribution in [0.2, 0.25) is 0 Å². The second-order valence-electron chi connectivity index (χ2n) is 14.6. The summed E-state index contributed by atoms with van der Waals surface area (Å²) in [5.41, 5.74) is 16.1. The number of pyridine rings is 1. The maximum Gasteiger partial charge on any atom is 0.0539 e. The van der Waals surface area contributed by atoms with Gasteiger partial charge in [-0.3, -0.25) is 0 Å². The van der Waals surface area contributed by atoms with Gasteiger partial charge < -0.3 is 19.5 Å². The maximum atomic E-state index is 6.89. The molecule has 0 spiro atoms. The van der Waals surface area contributed by atoms with Gasteiger partial charge in [-0.1, -0.05) is 150 Å². The minimum absolute atomic E-state index is 0. The molecule has 10 rings (SSSR count). The molecular formula is C52H38N3OPt-3. The summed E-state index contributed by atoms with van der Waals surface area (Å²) in [6.45, 7) is 8.68. The summed E-state index contributed by atoms with van der Waals surface area (Å²) >= 11 is 0. The van der Waals surface area contributed by atoms with Crippen LogP contribution >= 0.6 is 0 Å². The van der Waals surface area contributed by atoms with E-state index < -0.39 is 5.41 Å². The molecule has 0 N–H and O–H groups in total. The Morgan fingerprint density at radius 2 is 1.21 bits per heavy atom. The Morgan fingerprint density at radius 3 is 1.89 bits per heavy atom. The first-order valence-electron chi connectivity index (χ1n) is 19.0. The Hall–Kier alpha value is -6.22. The van der Waals surface area contributed by atoms with E-state index in [2.05, 4.69) is 189 Å². The number of aromatic nitrogens is 1. The average molecular weight is 916 g/mol. The van der Waals surface area contributed by atoms with Gasteiger partial charge in [-0.05, 0) is 72.5 Å². The molecular weight excluding hydrogens is 878 g/mol. The SMILES string of the molecule is Cc1cc(C)c(N2[CH-]N(c3[c-]c(Oc4[c-]c(-c5ccccn5)c5c(c4)C(c4ccccc4)(c4ccccc4)c4ccccc4-5)ccc3)c3ccccc32)c(C)c1.[Pt]. The first-order valence-corrected chi connectivity index (χ1v) is 19.0. The van der Waals surface area contributed by atoms with E-state index in [9.17, 15) is 0 Å². The number of anilines is 4. The van der Waals surface area contributed by atoms with Crippen LogP contribution < -0.4 is 14.5 Å². The summed E-state index contributed by atoms with van der Waals surface area (Å²) in [6, 6.07) is 65.0. The Morgan fingerprint density at radius 1 is 0.579 bits per heavy atom. The zero-order chi connectivity index (χ0) is 37.8. The number of benzene rings is 7. The standard InChI is InChI=1S/C52H38N3O.Pt/c1-35-29-36(2)51(37(3)30-35)55-34-54(48-26-12-13-27-49(48)55)40-21-16-22-41(31-40)56-42-32-44(47-25-14-15-28-53-47)50-43-23-10-11-24-45(43)52(46(50)33-42,38-17-6-4-7-18-38)39-19-8-5-9-20-39;/h4-30,33-34H,1-3H3;/q-3;. The van der Waals surface area contributed by atoms with Crippen molar-refractivity contribution in [3.05, 3.63) is 228 Å². The number of hydrogen-bond acceptors (Lipinski definition) is 4. The van der Waals surface area contributed by atoms with E-state index >= 15 is 0 Å². The van der Waals surface area contributed by atoms with Crippen molar-refractivity contribution in [2.75, 3.05) is 9.80 Å². The minimum atomic E-state index is -0.610. The van der Waals surface area contributed by atoms with E-state index in [4.69, 9.17) is 9.72 Å². The van der Waals surface area contributed by atoms with E-state index in [1.54, 1.807) is 0 Å². The third-order valence-electron chi connectivity index (χ3n) is 11.1. The van der Waals surface area contributed by atoms with Crippen molar-refractivity contribution in [1.29, 1.82) is 0 Å². The van der Waals surface area contributed by atoms with E-state index in [1.165, 1.54) is 44.6 Å². The monoisotopic (exact) mass is 915 g/mol.